The summed E-state index contributed by atoms with van der Waals surface area (Å²) in [5, 5.41) is 35.8. The zero-order valence-electron chi connectivity index (χ0n) is 64.9. The molecule has 2 unspecified atom stereocenters. The summed E-state index contributed by atoms with van der Waals surface area (Å²) >= 11 is 0. The van der Waals surface area contributed by atoms with Crippen molar-refractivity contribution in [3.8, 4) is 96.3 Å². The molecule has 0 fully saturated rings. The van der Waals surface area contributed by atoms with Gasteiger partial charge in [-0.2, -0.15) is 5.21 Å². The number of nitrogens with one attached hydrogen (secondary N) is 4. The van der Waals surface area contributed by atoms with Crippen LogP contribution >= 0.6 is 0 Å². The van der Waals surface area contributed by atoms with Crippen LogP contribution in [0.2, 0.25) is 0 Å². The minimum Gasteiger partial charge on any atom is -0.497 e. The summed E-state index contributed by atoms with van der Waals surface area (Å²) in [5.74, 6) is 2.10. The van der Waals surface area contributed by atoms with E-state index >= 15 is 0 Å². The number of hydrogen-bond acceptors (Lipinski definition) is 22. The molecular formula is C85H86N15O14Pd-. The molecule has 0 radical (unpaired) electrons. The molecule has 8 aromatic carbocycles. The second-order valence-electron chi connectivity index (χ2n) is 26.1. The van der Waals surface area contributed by atoms with E-state index in [0.29, 0.717) is 114 Å². The Morgan fingerprint density at radius 2 is 0.896 bits per heavy atom. The molecule has 14 aromatic rings. The number of ether oxygens (including phenoxy) is 7. The summed E-state index contributed by atoms with van der Waals surface area (Å²) in [5.41, 5.74) is 13.0. The van der Waals surface area contributed by atoms with Crippen molar-refractivity contribution in [1.29, 1.82) is 0 Å². The van der Waals surface area contributed by atoms with E-state index in [1.807, 2.05) is 198 Å². The summed E-state index contributed by atoms with van der Waals surface area (Å²) in [7, 11) is 5.99. The molecule has 2 atom stereocenters. The Kier molecular flexibility index (Phi) is 28.1. The second-order valence-corrected chi connectivity index (χ2v) is 26.1. The van der Waals surface area contributed by atoms with Gasteiger partial charge >= 0.3 is 17.9 Å². The molecule has 6 heterocycles. The zero-order chi connectivity index (χ0) is 79.8. The molecule has 115 heavy (non-hydrogen) atoms. The van der Waals surface area contributed by atoms with Crippen molar-refractivity contribution < 1.29 is 74.5 Å². The number of H-pyrrole nitrogens is 4. The topological polar surface area (TPSA) is 376 Å². The van der Waals surface area contributed by atoms with Crippen molar-refractivity contribution in [2.24, 2.45) is 11.8 Å². The molecule has 30 heteroatoms. The third-order valence-corrected chi connectivity index (χ3v) is 18.3. The Balaban J connectivity index is 0.000000198. The van der Waals surface area contributed by atoms with Gasteiger partial charge in [-0.25, -0.2) is 29.1 Å². The Bertz CT molecular complexity index is 6020. The number of nitrogens with zero attached hydrogens (tertiary/aromatic N) is 11. The number of aliphatic carboxylic acids is 1. The number of carbonyl (C=O) groups excluding carboxylic acids is 2. The molecule has 0 aliphatic carbocycles. The number of fused-ring (bicyclic) bond motifs is 3. The van der Waals surface area contributed by atoms with Gasteiger partial charge in [-0.3, -0.25) is 24.0 Å². The van der Waals surface area contributed by atoms with Gasteiger partial charge in [-0.1, -0.05) is 133 Å². The minimum atomic E-state index is -0.820. The fourth-order valence-electron chi connectivity index (χ4n) is 12.5. The minimum absolute atomic E-state index is 0. The first-order chi connectivity index (χ1) is 54.7. The predicted octanol–water partition coefficient (Wildman–Crippen LogP) is 13.3. The molecule has 0 amide bonds. The maximum Gasteiger partial charge on any atom is 0.333 e. The maximum absolute atomic E-state index is 13.0. The van der Waals surface area contributed by atoms with Crippen molar-refractivity contribution in [2.45, 2.75) is 67.5 Å². The van der Waals surface area contributed by atoms with E-state index in [1.165, 1.54) is 14.2 Å². The zero-order valence-corrected chi connectivity index (χ0v) is 66.5. The maximum atomic E-state index is 13.0. The first kappa shape index (κ1) is 83.9. The van der Waals surface area contributed by atoms with Crippen molar-refractivity contribution in [1.82, 2.24) is 75.3 Å². The summed E-state index contributed by atoms with van der Waals surface area (Å²) in [6, 6.07) is 55.8. The summed E-state index contributed by atoms with van der Waals surface area (Å²) < 4.78 is 41.2. The number of methoxy groups -OCH3 is 4. The van der Waals surface area contributed by atoms with Gasteiger partial charge < -0.3 is 60.6 Å². The van der Waals surface area contributed by atoms with Crippen LogP contribution in [0.5, 0.6) is 28.7 Å². The summed E-state index contributed by atoms with van der Waals surface area (Å²) in [6.45, 7) is 13.0. The van der Waals surface area contributed by atoms with Crippen LogP contribution in [0.15, 0.2) is 196 Å². The molecular weight excluding hydrogens is 1560 g/mol. The molecule has 0 saturated heterocycles. The fourth-order valence-corrected chi connectivity index (χ4v) is 12.5. The monoisotopic (exact) mass is 1650 g/mol. The fraction of sp³-hybridized carbons (Fsp3) is 0.224. The molecule has 0 bridgehead atoms. The van der Waals surface area contributed by atoms with Crippen molar-refractivity contribution in [3.05, 3.63) is 248 Å². The smallest absolute Gasteiger partial charge is 0.333 e. The third-order valence-electron chi connectivity index (χ3n) is 18.3. The van der Waals surface area contributed by atoms with Crippen molar-refractivity contribution in [2.75, 3.05) is 48.3 Å². The summed E-state index contributed by atoms with van der Waals surface area (Å²) in [6.07, 6.45) is 2.79. The van der Waals surface area contributed by atoms with Gasteiger partial charge in [0.15, 0.2) is 27.8 Å². The van der Waals surface area contributed by atoms with Crippen LogP contribution in [-0.2, 0) is 70.2 Å². The van der Waals surface area contributed by atoms with E-state index in [0.717, 1.165) is 72.7 Å². The molecule has 596 valence electrons. The Morgan fingerprint density at radius 1 is 0.487 bits per heavy atom. The van der Waals surface area contributed by atoms with Gasteiger partial charge in [0.1, 0.15) is 46.2 Å². The normalized spacial score (nSPS) is 11.5. The quantitative estimate of drug-likeness (QED) is 0.0145. The van der Waals surface area contributed by atoms with Gasteiger partial charge in [-0.05, 0) is 175 Å². The Morgan fingerprint density at radius 3 is 1.31 bits per heavy atom. The van der Waals surface area contributed by atoms with Crippen LogP contribution in [0.25, 0.3) is 107 Å². The van der Waals surface area contributed by atoms with E-state index in [-0.39, 0.29) is 80.4 Å². The molecule has 29 nitrogen and oxygen atoms in total. The number of carboxylic acid groups (broad SMARTS) is 1. The van der Waals surface area contributed by atoms with Crippen LogP contribution in [0.3, 0.4) is 0 Å². The van der Waals surface area contributed by atoms with E-state index in [9.17, 15) is 33.9 Å². The molecule has 5 N–H and O–H groups in total. The number of carbonyl (C=O) groups is 3. The largest absolute Gasteiger partial charge is 0.497 e. The van der Waals surface area contributed by atoms with Crippen molar-refractivity contribution >= 4 is 57.5 Å². The molecule has 0 aliphatic heterocycles. The number of aromatic amines is 4. The standard InChI is InChI=1S/C31H31N5O5.C31H29N5O5.C22H21N5O4.CH3.Pd.H2/c2*1-5-41-26-17-23(22-8-6-7-21(16-22)15-19(2)31(38)40-4)11-14-25(26)28-32-29-27(30(37)33-28)34-35-36(29)18-20-9-12-24(39-3)13-10-20;1-3-31-17-11-15(14-6-4-5-13(10-14)9-12(2)22(29)30)7-8-16(17)19-23-20-18(21(28)24-19)25-27-26-20;;;/h6-14,16-17,19H,5,15,18H2,1-4H3,(H,32,33,37);6-17H,5,18H2,1-4H3,(H,32,33,37);4-8,10-12H,3,9H2,1-2H3,(H,29,30)(H2,23,24,25,26,27,28);1H3;;1H/q;;;-1;;/b;19-15+;;;;. The average molecular weight is 1650 g/mol. The summed E-state index contributed by atoms with van der Waals surface area (Å²) in [4.78, 5) is 95.4. The van der Waals surface area contributed by atoms with Gasteiger partial charge in [0.05, 0.1) is 89.9 Å². The van der Waals surface area contributed by atoms with Crippen LogP contribution < -0.4 is 40.4 Å². The first-order valence-electron chi connectivity index (χ1n) is 36.2. The Hall–Kier alpha value is -13.6. The van der Waals surface area contributed by atoms with Crippen LogP contribution in [0, 0.1) is 19.3 Å². The molecule has 0 saturated carbocycles. The van der Waals surface area contributed by atoms with Crippen LogP contribution in [-0.4, -0.2) is 147 Å². The number of rotatable bonds is 26. The number of hydrogen-bond donors (Lipinski definition) is 5. The second kappa shape index (κ2) is 38.6. The predicted molar refractivity (Wildman–Crippen MR) is 434 cm³/mol. The van der Waals surface area contributed by atoms with E-state index < -0.39 is 17.4 Å². The molecule has 0 aliphatic rings. The van der Waals surface area contributed by atoms with E-state index in [2.05, 4.69) is 62.0 Å². The van der Waals surface area contributed by atoms with E-state index in [4.69, 9.17) is 43.1 Å². The van der Waals surface area contributed by atoms with Gasteiger partial charge in [-0.15, -0.1) is 20.4 Å². The third kappa shape index (κ3) is 20.0. The average Bonchev–Trinajstić information content (AvgIpc) is 1.65. The number of carboxylic acids is 1. The number of aromatic nitrogens is 15. The molecule has 6 aromatic heterocycles. The first-order valence-corrected chi connectivity index (χ1v) is 36.2. The van der Waals surface area contributed by atoms with E-state index in [1.54, 1.807) is 43.5 Å². The number of benzene rings is 8. The van der Waals surface area contributed by atoms with Gasteiger partial charge in [0.2, 0.25) is 5.65 Å². The van der Waals surface area contributed by atoms with Gasteiger partial charge in [0, 0.05) is 27.4 Å². The van der Waals surface area contributed by atoms with Gasteiger partial charge in [0.25, 0.3) is 16.7 Å². The van der Waals surface area contributed by atoms with Crippen LogP contribution in [0.1, 0.15) is 70.8 Å². The molecule has 0 spiro atoms. The SMILES string of the molecule is CCOc1cc(-c2cccc(/C=C(\C)C(=O)OC)c2)ccc1-c1nc2c(nnn2Cc2ccc(OC)cc2)c(=O)[nH]1.CCOc1cc(-c2cccc(CC(C)C(=O)O)c2)ccc1-c1nc2n[nH]nc2c(=O)[nH]1.CCOc1cc(-c2cccc(CC(C)C(=O)OC)c2)ccc1-c1nc2c(nnn2Cc2ccc(OC)cc2)c(=O)[nH]1.[CH3-].[HH].[Pd]. The van der Waals surface area contributed by atoms with Crippen LogP contribution in [0.4, 0.5) is 0 Å². The number of esters is 2. The molecule has 14 rings (SSSR count). The Labute approximate surface area is 675 Å². The van der Waals surface area contributed by atoms with Crippen molar-refractivity contribution in [3.63, 3.8) is 0 Å².